The Morgan fingerprint density at radius 2 is 1.88 bits per heavy atom. The molecule has 1 aliphatic heterocycles. The van der Waals surface area contributed by atoms with E-state index >= 15 is 0 Å². The molecule has 34 heavy (non-hydrogen) atoms. The van der Waals surface area contributed by atoms with Crippen molar-refractivity contribution in [2.24, 2.45) is 0 Å². The fourth-order valence-electron chi connectivity index (χ4n) is 3.80. The molecule has 2 aromatic heterocycles. The largest absolute Gasteiger partial charge is 0.465 e. The summed E-state index contributed by atoms with van der Waals surface area (Å²) in [6.45, 7) is 3.90. The van der Waals surface area contributed by atoms with E-state index in [9.17, 15) is 14.7 Å². The first-order valence-electron chi connectivity index (χ1n) is 11.1. The summed E-state index contributed by atoms with van der Waals surface area (Å²) in [5.74, 6) is 2.52. The fourth-order valence-corrected chi connectivity index (χ4v) is 4.70. The van der Waals surface area contributed by atoms with Gasteiger partial charge in [0, 0.05) is 66.5 Å². The van der Waals surface area contributed by atoms with Gasteiger partial charge in [-0.2, -0.15) is 11.8 Å². The summed E-state index contributed by atoms with van der Waals surface area (Å²) in [4.78, 5) is 37.3. The summed E-state index contributed by atoms with van der Waals surface area (Å²) in [5, 5.41) is 12.6. The van der Waals surface area contributed by atoms with Crippen molar-refractivity contribution in [2.45, 2.75) is 13.3 Å². The zero-order valence-corrected chi connectivity index (χ0v) is 19.8. The van der Waals surface area contributed by atoms with Crippen molar-refractivity contribution in [2.75, 3.05) is 46.3 Å². The molecule has 0 radical (unpaired) electrons. The number of amides is 2. The SMILES string of the molecule is Cc1ccc(C(=O)Nc2ccnc(CCN(C(=O)O)c3ccccc3)c2)c(N2CCSCC2)n1. The molecule has 1 aliphatic rings. The zero-order chi connectivity index (χ0) is 23.9. The molecule has 0 bridgehead atoms. The van der Waals surface area contributed by atoms with Crippen molar-refractivity contribution < 1.29 is 14.7 Å². The van der Waals surface area contributed by atoms with Crippen molar-refractivity contribution >= 4 is 41.0 Å². The quantitative estimate of drug-likeness (QED) is 0.523. The van der Waals surface area contributed by atoms with E-state index in [1.54, 1.807) is 42.6 Å². The molecule has 1 saturated heterocycles. The number of carbonyl (C=O) groups is 2. The van der Waals surface area contributed by atoms with Gasteiger partial charge in [0.25, 0.3) is 5.91 Å². The van der Waals surface area contributed by atoms with Gasteiger partial charge in [-0.05, 0) is 43.3 Å². The molecule has 4 rings (SSSR count). The maximum absolute atomic E-state index is 13.2. The van der Waals surface area contributed by atoms with Crippen LogP contribution in [0, 0.1) is 6.92 Å². The van der Waals surface area contributed by atoms with Gasteiger partial charge < -0.3 is 15.3 Å². The summed E-state index contributed by atoms with van der Waals surface area (Å²) in [6, 6.07) is 16.1. The molecule has 3 heterocycles. The van der Waals surface area contributed by atoms with Crippen LogP contribution in [0.15, 0.2) is 60.8 Å². The highest BCUT2D eigenvalue weighted by Gasteiger charge is 2.21. The minimum absolute atomic E-state index is 0.227. The second-order valence-corrected chi connectivity index (χ2v) is 9.16. The Hall–Kier alpha value is -3.59. The Labute approximate surface area is 203 Å². The number of carbonyl (C=O) groups excluding carboxylic acids is 1. The number of anilines is 3. The van der Waals surface area contributed by atoms with Crippen LogP contribution >= 0.6 is 11.8 Å². The first-order chi connectivity index (χ1) is 16.5. The third-order valence-electron chi connectivity index (χ3n) is 5.53. The van der Waals surface area contributed by atoms with Crippen LogP contribution in [0.4, 0.5) is 22.0 Å². The van der Waals surface area contributed by atoms with Gasteiger partial charge in [0.05, 0.1) is 5.56 Å². The highest BCUT2D eigenvalue weighted by molar-refractivity contribution is 7.99. The van der Waals surface area contributed by atoms with Crippen LogP contribution in [-0.2, 0) is 6.42 Å². The molecular weight excluding hydrogens is 450 g/mol. The Balaban J connectivity index is 1.46. The first kappa shape index (κ1) is 23.6. The van der Waals surface area contributed by atoms with Crippen LogP contribution in [0.5, 0.6) is 0 Å². The predicted molar refractivity (Wildman–Crippen MR) is 136 cm³/mol. The summed E-state index contributed by atoms with van der Waals surface area (Å²) < 4.78 is 0. The van der Waals surface area contributed by atoms with Gasteiger partial charge in [0.2, 0.25) is 0 Å². The Morgan fingerprint density at radius 1 is 1.12 bits per heavy atom. The van der Waals surface area contributed by atoms with Crippen LogP contribution in [0.2, 0.25) is 0 Å². The number of pyridine rings is 2. The number of carboxylic acid groups (broad SMARTS) is 1. The van der Waals surface area contributed by atoms with Gasteiger partial charge in [0.15, 0.2) is 0 Å². The zero-order valence-electron chi connectivity index (χ0n) is 19.0. The molecule has 0 unspecified atom stereocenters. The minimum Gasteiger partial charge on any atom is -0.465 e. The summed E-state index contributed by atoms with van der Waals surface area (Å²) in [7, 11) is 0. The number of rotatable bonds is 7. The second kappa shape index (κ2) is 11.0. The number of aromatic nitrogens is 2. The molecule has 3 aromatic rings. The second-order valence-electron chi connectivity index (χ2n) is 7.93. The third kappa shape index (κ3) is 5.85. The standard InChI is InChI=1S/C25H27N5O3S/c1-18-7-8-22(23(27-18)29-13-15-34-16-14-29)24(31)28-20-9-11-26-19(17-20)10-12-30(25(32)33)21-5-3-2-4-6-21/h2-9,11,17H,10,12-16H2,1H3,(H,32,33)(H,26,28,31). The van der Waals surface area contributed by atoms with E-state index in [1.807, 2.05) is 36.9 Å². The number of nitrogens with zero attached hydrogens (tertiary/aromatic N) is 4. The Morgan fingerprint density at radius 3 is 2.62 bits per heavy atom. The molecule has 2 amide bonds. The molecule has 0 saturated carbocycles. The summed E-state index contributed by atoms with van der Waals surface area (Å²) in [6.07, 6.45) is 1.01. The lowest BCUT2D eigenvalue weighted by molar-refractivity contribution is 0.102. The Bertz CT molecular complexity index is 1150. The summed E-state index contributed by atoms with van der Waals surface area (Å²) in [5.41, 5.74) is 3.32. The van der Waals surface area contributed by atoms with E-state index in [0.29, 0.717) is 34.9 Å². The lowest BCUT2D eigenvalue weighted by Crippen LogP contribution is -2.35. The van der Waals surface area contributed by atoms with Crippen molar-refractivity contribution in [3.05, 3.63) is 77.7 Å². The Kier molecular flexibility index (Phi) is 7.64. The number of benzene rings is 1. The molecule has 0 spiro atoms. The van der Waals surface area contributed by atoms with E-state index < -0.39 is 6.09 Å². The van der Waals surface area contributed by atoms with Crippen LogP contribution in [-0.4, -0.2) is 58.2 Å². The molecule has 1 fully saturated rings. The van der Waals surface area contributed by atoms with Crippen molar-refractivity contribution in [3.8, 4) is 0 Å². The number of thioether (sulfide) groups is 1. The smallest absolute Gasteiger partial charge is 0.411 e. The first-order valence-corrected chi connectivity index (χ1v) is 12.3. The van der Waals surface area contributed by atoms with Crippen molar-refractivity contribution in [3.63, 3.8) is 0 Å². The van der Waals surface area contributed by atoms with E-state index in [2.05, 4.69) is 20.2 Å². The molecule has 0 atom stereocenters. The number of para-hydroxylation sites is 1. The van der Waals surface area contributed by atoms with Gasteiger partial charge in [-0.1, -0.05) is 18.2 Å². The van der Waals surface area contributed by atoms with Gasteiger partial charge in [-0.3, -0.25) is 14.7 Å². The molecule has 9 heteroatoms. The van der Waals surface area contributed by atoms with Crippen LogP contribution in [0.3, 0.4) is 0 Å². The van der Waals surface area contributed by atoms with E-state index in [1.165, 1.54) is 4.90 Å². The molecule has 0 aliphatic carbocycles. The lowest BCUT2D eigenvalue weighted by atomic mass is 10.2. The molecular formula is C25H27N5O3S. The van der Waals surface area contributed by atoms with Gasteiger partial charge >= 0.3 is 6.09 Å². The highest BCUT2D eigenvalue weighted by Crippen LogP contribution is 2.24. The van der Waals surface area contributed by atoms with Crippen molar-refractivity contribution in [1.29, 1.82) is 0 Å². The van der Waals surface area contributed by atoms with Crippen LogP contribution in [0.25, 0.3) is 0 Å². The molecule has 1 aromatic carbocycles. The van der Waals surface area contributed by atoms with Crippen LogP contribution in [0.1, 0.15) is 21.7 Å². The number of aryl methyl sites for hydroxylation is 1. The average molecular weight is 478 g/mol. The van der Waals surface area contributed by atoms with E-state index in [-0.39, 0.29) is 12.5 Å². The number of hydrogen-bond donors (Lipinski definition) is 2. The van der Waals surface area contributed by atoms with Crippen molar-refractivity contribution in [1.82, 2.24) is 9.97 Å². The average Bonchev–Trinajstić information content (AvgIpc) is 2.85. The fraction of sp³-hybridized carbons (Fsp3) is 0.280. The summed E-state index contributed by atoms with van der Waals surface area (Å²) >= 11 is 1.91. The molecule has 8 nitrogen and oxygen atoms in total. The molecule has 176 valence electrons. The van der Waals surface area contributed by atoms with Gasteiger partial charge in [0.1, 0.15) is 5.82 Å². The number of hydrogen-bond acceptors (Lipinski definition) is 6. The predicted octanol–water partition coefficient (Wildman–Crippen LogP) is 4.32. The van der Waals surface area contributed by atoms with E-state index in [4.69, 9.17) is 0 Å². The molecule has 2 N–H and O–H groups in total. The maximum Gasteiger partial charge on any atom is 0.411 e. The monoisotopic (exact) mass is 477 g/mol. The lowest BCUT2D eigenvalue weighted by Gasteiger charge is -2.29. The van der Waals surface area contributed by atoms with Gasteiger partial charge in [-0.25, -0.2) is 9.78 Å². The van der Waals surface area contributed by atoms with Gasteiger partial charge in [-0.15, -0.1) is 0 Å². The minimum atomic E-state index is -1.02. The highest BCUT2D eigenvalue weighted by atomic mass is 32.2. The maximum atomic E-state index is 13.2. The third-order valence-corrected chi connectivity index (χ3v) is 6.48. The topological polar surface area (TPSA) is 98.7 Å². The van der Waals surface area contributed by atoms with Crippen LogP contribution < -0.4 is 15.1 Å². The number of nitrogens with one attached hydrogen (secondary N) is 1. The van der Waals surface area contributed by atoms with E-state index in [0.717, 1.165) is 30.3 Å². The normalized spacial score (nSPS) is 13.4.